The van der Waals surface area contributed by atoms with Crippen LogP contribution in [0.1, 0.15) is 47.1 Å². The molecule has 0 bridgehead atoms. The summed E-state index contributed by atoms with van der Waals surface area (Å²) in [4.78, 5) is 11.9. The number of hydrogen-bond donors (Lipinski definition) is 2. The fourth-order valence-corrected chi connectivity index (χ4v) is 2.15. The summed E-state index contributed by atoms with van der Waals surface area (Å²) < 4.78 is 10.8. The Labute approximate surface area is 146 Å². The third-order valence-electron chi connectivity index (χ3n) is 3.43. The van der Waals surface area contributed by atoms with E-state index in [9.17, 15) is 4.79 Å². The van der Waals surface area contributed by atoms with Gasteiger partial charge in [0.15, 0.2) is 0 Å². The van der Waals surface area contributed by atoms with Gasteiger partial charge in [0.1, 0.15) is 11.4 Å². The molecule has 5 heteroatoms. The van der Waals surface area contributed by atoms with Gasteiger partial charge in [-0.25, -0.2) is 4.79 Å². The molecule has 24 heavy (non-hydrogen) atoms. The molecule has 0 aromatic heterocycles. The minimum Gasteiger partial charge on any atom is -0.494 e. The van der Waals surface area contributed by atoms with Crippen molar-refractivity contribution >= 4 is 6.09 Å². The van der Waals surface area contributed by atoms with Crippen molar-refractivity contribution in [2.24, 2.45) is 5.92 Å². The average molecular weight is 336 g/mol. The summed E-state index contributed by atoms with van der Waals surface area (Å²) in [5.74, 6) is 1.19. The van der Waals surface area contributed by atoms with Crippen LogP contribution in [0.25, 0.3) is 0 Å². The largest absolute Gasteiger partial charge is 0.494 e. The minimum absolute atomic E-state index is 0.0162. The molecule has 5 nitrogen and oxygen atoms in total. The number of carbonyl (C=O) groups excluding carboxylic acids is 1. The lowest BCUT2D eigenvalue weighted by atomic mass is 10.0. The molecule has 1 aromatic carbocycles. The van der Waals surface area contributed by atoms with Gasteiger partial charge < -0.3 is 20.1 Å². The lowest BCUT2D eigenvalue weighted by Crippen LogP contribution is -2.46. The predicted octanol–water partition coefficient (Wildman–Crippen LogP) is 3.72. The lowest BCUT2D eigenvalue weighted by molar-refractivity contribution is 0.0490. The number of carbonyl (C=O) groups is 1. The highest BCUT2D eigenvalue weighted by atomic mass is 16.6. The average Bonchev–Trinajstić information content (AvgIpc) is 2.46. The van der Waals surface area contributed by atoms with Gasteiger partial charge in [-0.3, -0.25) is 0 Å². The van der Waals surface area contributed by atoms with Crippen LogP contribution >= 0.6 is 0 Å². The predicted molar refractivity (Wildman–Crippen MR) is 97.3 cm³/mol. The molecule has 1 amide bonds. The molecule has 1 atom stereocenters. The Balaban J connectivity index is 2.44. The standard InChI is InChI=1S/C19H32N2O3/c1-7-23-16-10-8-15(9-11-16)12-20-13-17(14(2)3)21-18(22)24-19(4,5)6/h8-11,14,17,20H,7,12-13H2,1-6H3,(H,21,22). The molecule has 2 N–H and O–H groups in total. The van der Waals surface area contributed by atoms with Gasteiger partial charge in [-0.15, -0.1) is 0 Å². The van der Waals surface area contributed by atoms with E-state index in [4.69, 9.17) is 9.47 Å². The molecule has 0 radical (unpaired) electrons. The Morgan fingerprint density at radius 3 is 2.29 bits per heavy atom. The SMILES string of the molecule is CCOc1ccc(CNCC(NC(=O)OC(C)(C)C)C(C)C)cc1. The second-order valence-corrected chi connectivity index (χ2v) is 7.20. The van der Waals surface area contributed by atoms with Gasteiger partial charge in [0, 0.05) is 19.1 Å². The molecule has 0 spiro atoms. The number of benzene rings is 1. The van der Waals surface area contributed by atoms with Gasteiger partial charge in [0.2, 0.25) is 0 Å². The number of alkyl carbamates (subject to hydrolysis) is 1. The van der Waals surface area contributed by atoms with Crippen LogP contribution in [-0.4, -0.2) is 30.9 Å². The van der Waals surface area contributed by atoms with E-state index in [2.05, 4.69) is 24.5 Å². The van der Waals surface area contributed by atoms with Gasteiger partial charge in [-0.2, -0.15) is 0 Å². The van der Waals surface area contributed by atoms with E-state index >= 15 is 0 Å². The summed E-state index contributed by atoms with van der Waals surface area (Å²) >= 11 is 0. The maximum absolute atomic E-state index is 11.9. The molecule has 1 unspecified atom stereocenters. The van der Waals surface area contributed by atoms with E-state index < -0.39 is 5.60 Å². The summed E-state index contributed by atoms with van der Waals surface area (Å²) in [6.45, 7) is 13.8. The van der Waals surface area contributed by atoms with Gasteiger partial charge in [-0.05, 0) is 51.3 Å². The van der Waals surface area contributed by atoms with E-state index in [1.54, 1.807) is 0 Å². The number of ether oxygens (including phenoxy) is 2. The number of rotatable bonds is 8. The summed E-state index contributed by atoms with van der Waals surface area (Å²) in [7, 11) is 0. The molecule has 0 aliphatic heterocycles. The highest BCUT2D eigenvalue weighted by Gasteiger charge is 2.21. The summed E-state index contributed by atoms with van der Waals surface area (Å²) in [6.07, 6.45) is -0.371. The van der Waals surface area contributed by atoms with E-state index in [0.717, 1.165) is 12.3 Å². The Hall–Kier alpha value is -1.75. The van der Waals surface area contributed by atoms with Crippen molar-refractivity contribution < 1.29 is 14.3 Å². The highest BCUT2D eigenvalue weighted by Crippen LogP contribution is 2.12. The minimum atomic E-state index is -0.485. The fourth-order valence-electron chi connectivity index (χ4n) is 2.15. The van der Waals surface area contributed by atoms with Gasteiger partial charge in [0.25, 0.3) is 0 Å². The lowest BCUT2D eigenvalue weighted by Gasteiger charge is -2.26. The van der Waals surface area contributed by atoms with Crippen molar-refractivity contribution in [2.75, 3.05) is 13.2 Å². The Morgan fingerprint density at radius 2 is 1.79 bits per heavy atom. The Bertz CT molecular complexity index is 492. The topological polar surface area (TPSA) is 59.6 Å². The third kappa shape index (κ3) is 8.20. The molecule has 0 saturated carbocycles. The van der Waals surface area contributed by atoms with E-state index in [0.29, 0.717) is 19.1 Å². The van der Waals surface area contributed by atoms with Gasteiger partial charge >= 0.3 is 6.09 Å². The zero-order chi connectivity index (χ0) is 18.2. The van der Waals surface area contributed by atoms with Crippen molar-refractivity contribution in [3.05, 3.63) is 29.8 Å². The Kier molecular flexibility index (Phi) is 8.05. The highest BCUT2D eigenvalue weighted by molar-refractivity contribution is 5.68. The molecular formula is C19H32N2O3. The van der Waals surface area contributed by atoms with Crippen LogP contribution in [0.5, 0.6) is 5.75 Å². The molecular weight excluding hydrogens is 304 g/mol. The first kappa shape index (κ1) is 20.3. The second kappa shape index (κ2) is 9.52. The maximum atomic E-state index is 11.9. The van der Waals surface area contributed by atoms with Crippen molar-refractivity contribution in [2.45, 2.75) is 59.7 Å². The van der Waals surface area contributed by atoms with Gasteiger partial charge in [-0.1, -0.05) is 26.0 Å². The molecule has 0 aliphatic rings. The van der Waals surface area contributed by atoms with Crippen LogP contribution in [0, 0.1) is 5.92 Å². The van der Waals surface area contributed by atoms with Crippen LogP contribution in [0.4, 0.5) is 4.79 Å². The zero-order valence-corrected chi connectivity index (χ0v) is 15.8. The summed E-state index contributed by atoms with van der Waals surface area (Å²) in [6, 6.07) is 8.05. The number of amides is 1. The first-order chi connectivity index (χ1) is 11.2. The molecule has 1 aromatic rings. The summed E-state index contributed by atoms with van der Waals surface area (Å²) in [5.41, 5.74) is 0.694. The maximum Gasteiger partial charge on any atom is 0.407 e. The van der Waals surface area contributed by atoms with Crippen LogP contribution in [0.15, 0.2) is 24.3 Å². The normalized spacial score (nSPS) is 12.8. The van der Waals surface area contributed by atoms with Crippen LogP contribution < -0.4 is 15.4 Å². The van der Waals surface area contributed by atoms with Crippen LogP contribution in [0.3, 0.4) is 0 Å². The van der Waals surface area contributed by atoms with Crippen LogP contribution in [0.2, 0.25) is 0 Å². The number of nitrogens with one attached hydrogen (secondary N) is 2. The fraction of sp³-hybridized carbons (Fsp3) is 0.632. The second-order valence-electron chi connectivity index (χ2n) is 7.20. The molecule has 1 rings (SSSR count). The van der Waals surface area contributed by atoms with Crippen molar-refractivity contribution in [3.63, 3.8) is 0 Å². The summed E-state index contributed by atoms with van der Waals surface area (Å²) in [5, 5.41) is 6.33. The van der Waals surface area contributed by atoms with E-state index in [1.165, 1.54) is 5.56 Å². The van der Waals surface area contributed by atoms with Crippen molar-refractivity contribution in [1.82, 2.24) is 10.6 Å². The first-order valence-electron chi connectivity index (χ1n) is 8.63. The molecule has 0 saturated heterocycles. The quantitative estimate of drug-likeness (QED) is 0.759. The van der Waals surface area contributed by atoms with E-state index in [1.807, 2.05) is 52.0 Å². The molecule has 0 fully saturated rings. The van der Waals surface area contributed by atoms with Crippen molar-refractivity contribution in [3.8, 4) is 5.75 Å². The Morgan fingerprint density at radius 1 is 1.17 bits per heavy atom. The smallest absolute Gasteiger partial charge is 0.407 e. The third-order valence-corrected chi connectivity index (χ3v) is 3.43. The number of hydrogen-bond acceptors (Lipinski definition) is 4. The van der Waals surface area contributed by atoms with E-state index in [-0.39, 0.29) is 12.1 Å². The zero-order valence-electron chi connectivity index (χ0n) is 15.8. The van der Waals surface area contributed by atoms with Gasteiger partial charge in [0.05, 0.1) is 6.61 Å². The molecule has 0 aliphatic carbocycles. The molecule has 0 heterocycles. The monoisotopic (exact) mass is 336 g/mol. The van der Waals surface area contributed by atoms with Crippen molar-refractivity contribution in [1.29, 1.82) is 0 Å². The van der Waals surface area contributed by atoms with Crippen LogP contribution in [-0.2, 0) is 11.3 Å². The molecule has 136 valence electrons. The first-order valence-corrected chi connectivity index (χ1v) is 8.63.